The van der Waals surface area contributed by atoms with Crippen LogP contribution in [0.4, 0.5) is 0 Å². The van der Waals surface area contributed by atoms with E-state index in [4.69, 9.17) is 10.5 Å². The third kappa shape index (κ3) is 8.92. The molecule has 3 nitrogen and oxygen atoms in total. The molecular weight excluding hydrogens is 248 g/mol. The Labute approximate surface area is 123 Å². The van der Waals surface area contributed by atoms with E-state index in [1.54, 1.807) is 6.20 Å². The van der Waals surface area contributed by atoms with Gasteiger partial charge in [0.1, 0.15) is 0 Å². The lowest BCUT2D eigenvalue weighted by atomic mass is 10.0. The first kappa shape index (κ1) is 17.0. The SMILES string of the molecule is CCCCCCCCCC(N)CCOc1ccccn1. The Morgan fingerprint density at radius 3 is 2.50 bits per heavy atom. The van der Waals surface area contributed by atoms with Crippen molar-refractivity contribution in [3.8, 4) is 5.88 Å². The highest BCUT2D eigenvalue weighted by molar-refractivity contribution is 5.08. The van der Waals surface area contributed by atoms with Gasteiger partial charge in [-0.3, -0.25) is 0 Å². The van der Waals surface area contributed by atoms with Crippen LogP contribution >= 0.6 is 0 Å². The van der Waals surface area contributed by atoms with Crippen molar-refractivity contribution in [3.05, 3.63) is 24.4 Å². The lowest BCUT2D eigenvalue weighted by molar-refractivity contribution is 0.283. The molecule has 0 aliphatic rings. The van der Waals surface area contributed by atoms with E-state index in [0.29, 0.717) is 12.5 Å². The van der Waals surface area contributed by atoms with Crippen LogP contribution in [-0.2, 0) is 0 Å². The normalized spacial score (nSPS) is 12.3. The van der Waals surface area contributed by atoms with Crippen LogP contribution in [-0.4, -0.2) is 17.6 Å². The second-order valence-corrected chi connectivity index (χ2v) is 5.48. The number of hydrogen-bond acceptors (Lipinski definition) is 3. The first-order valence-electron chi connectivity index (χ1n) is 8.12. The number of rotatable bonds is 12. The minimum atomic E-state index is 0.259. The molecule has 1 atom stereocenters. The molecule has 0 aliphatic carbocycles. The Morgan fingerprint density at radius 1 is 1.05 bits per heavy atom. The van der Waals surface area contributed by atoms with E-state index in [1.807, 2.05) is 18.2 Å². The van der Waals surface area contributed by atoms with Crippen molar-refractivity contribution in [3.63, 3.8) is 0 Å². The number of nitrogens with zero attached hydrogens (tertiary/aromatic N) is 1. The van der Waals surface area contributed by atoms with E-state index in [0.717, 1.165) is 12.8 Å². The largest absolute Gasteiger partial charge is 0.478 e. The summed E-state index contributed by atoms with van der Waals surface area (Å²) in [5.41, 5.74) is 6.10. The molecule has 114 valence electrons. The lowest BCUT2D eigenvalue weighted by Crippen LogP contribution is -2.22. The highest BCUT2D eigenvalue weighted by Gasteiger charge is 2.03. The molecule has 1 aromatic heterocycles. The van der Waals surface area contributed by atoms with Crippen molar-refractivity contribution in [1.82, 2.24) is 4.98 Å². The van der Waals surface area contributed by atoms with E-state index >= 15 is 0 Å². The average molecular weight is 278 g/mol. The summed E-state index contributed by atoms with van der Waals surface area (Å²) >= 11 is 0. The topological polar surface area (TPSA) is 48.1 Å². The highest BCUT2D eigenvalue weighted by Crippen LogP contribution is 2.11. The standard InChI is InChI=1S/C17H30N2O/c1-2-3-4-5-6-7-8-11-16(18)13-15-20-17-12-9-10-14-19-17/h9-10,12,14,16H,2-8,11,13,15,18H2,1H3. The van der Waals surface area contributed by atoms with Crippen LogP contribution in [0, 0.1) is 0 Å². The van der Waals surface area contributed by atoms with Crippen LogP contribution in [0.1, 0.15) is 64.7 Å². The quantitative estimate of drug-likeness (QED) is 0.579. The molecule has 0 spiro atoms. The molecule has 2 N–H and O–H groups in total. The van der Waals surface area contributed by atoms with Crippen molar-refractivity contribution in [1.29, 1.82) is 0 Å². The van der Waals surface area contributed by atoms with Gasteiger partial charge in [0.15, 0.2) is 0 Å². The van der Waals surface area contributed by atoms with E-state index in [9.17, 15) is 0 Å². The number of aromatic nitrogens is 1. The molecule has 0 bridgehead atoms. The Hall–Kier alpha value is -1.09. The second-order valence-electron chi connectivity index (χ2n) is 5.48. The lowest BCUT2D eigenvalue weighted by Gasteiger charge is -2.12. The minimum absolute atomic E-state index is 0.259. The van der Waals surface area contributed by atoms with Gasteiger partial charge in [-0.2, -0.15) is 0 Å². The van der Waals surface area contributed by atoms with Crippen molar-refractivity contribution in [2.24, 2.45) is 5.73 Å². The fraction of sp³-hybridized carbons (Fsp3) is 0.706. The summed E-state index contributed by atoms with van der Waals surface area (Å²) in [6, 6.07) is 5.95. The van der Waals surface area contributed by atoms with E-state index in [1.165, 1.54) is 44.9 Å². The highest BCUT2D eigenvalue weighted by atomic mass is 16.5. The molecule has 0 radical (unpaired) electrons. The van der Waals surface area contributed by atoms with Gasteiger partial charge in [-0.1, -0.05) is 57.9 Å². The maximum Gasteiger partial charge on any atom is 0.213 e. The number of hydrogen-bond donors (Lipinski definition) is 1. The first-order chi connectivity index (χ1) is 9.83. The molecule has 0 saturated carbocycles. The predicted molar refractivity (Wildman–Crippen MR) is 84.9 cm³/mol. The molecule has 0 saturated heterocycles. The summed E-state index contributed by atoms with van der Waals surface area (Å²) in [6.07, 6.45) is 13.2. The van der Waals surface area contributed by atoms with Gasteiger partial charge in [0.05, 0.1) is 6.61 Å². The zero-order valence-corrected chi connectivity index (χ0v) is 12.9. The molecule has 20 heavy (non-hydrogen) atoms. The molecule has 1 rings (SSSR count). The van der Waals surface area contributed by atoms with Gasteiger partial charge in [-0.05, 0) is 18.9 Å². The van der Waals surface area contributed by atoms with Gasteiger partial charge in [-0.15, -0.1) is 0 Å². The van der Waals surface area contributed by atoms with E-state index in [-0.39, 0.29) is 6.04 Å². The average Bonchev–Trinajstić information content (AvgIpc) is 2.47. The molecule has 0 aromatic carbocycles. The molecule has 3 heteroatoms. The Balaban J connectivity index is 1.91. The monoisotopic (exact) mass is 278 g/mol. The van der Waals surface area contributed by atoms with Gasteiger partial charge >= 0.3 is 0 Å². The van der Waals surface area contributed by atoms with Gasteiger partial charge in [-0.25, -0.2) is 4.98 Å². The van der Waals surface area contributed by atoms with Crippen molar-refractivity contribution in [2.45, 2.75) is 70.8 Å². The molecule has 1 aromatic rings. The number of unbranched alkanes of at least 4 members (excludes halogenated alkanes) is 6. The number of nitrogens with two attached hydrogens (primary N) is 1. The molecule has 1 heterocycles. The van der Waals surface area contributed by atoms with Crippen LogP contribution in [0.15, 0.2) is 24.4 Å². The van der Waals surface area contributed by atoms with Gasteiger partial charge in [0, 0.05) is 18.3 Å². The molecule has 0 amide bonds. The summed E-state index contributed by atoms with van der Waals surface area (Å²) in [5, 5.41) is 0. The summed E-state index contributed by atoms with van der Waals surface area (Å²) < 4.78 is 5.56. The van der Waals surface area contributed by atoms with Gasteiger partial charge in [0.25, 0.3) is 0 Å². The van der Waals surface area contributed by atoms with E-state index in [2.05, 4.69) is 11.9 Å². The summed E-state index contributed by atoms with van der Waals surface area (Å²) in [6.45, 7) is 2.92. The van der Waals surface area contributed by atoms with Crippen LogP contribution < -0.4 is 10.5 Å². The zero-order chi connectivity index (χ0) is 14.5. The predicted octanol–water partition coefficient (Wildman–Crippen LogP) is 4.32. The number of pyridine rings is 1. The van der Waals surface area contributed by atoms with Gasteiger partial charge in [0.2, 0.25) is 5.88 Å². The third-order valence-corrected chi connectivity index (χ3v) is 3.55. The summed E-state index contributed by atoms with van der Waals surface area (Å²) in [4.78, 5) is 4.12. The summed E-state index contributed by atoms with van der Waals surface area (Å²) in [5.74, 6) is 0.690. The van der Waals surface area contributed by atoms with Crippen molar-refractivity contribution < 1.29 is 4.74 Å². The Bertz CT molecular complexity index is 316. The Kier molecular flexibility index (Phi) is 9.93. The van der Waals surface area contributed by atoms with Gasteiger partial charge < -0.3 is 10.5 Å². The smallest absolute Gasteiger partial charge is 0.213 e. The van der Waals surface area contributed by atoms with Crippen molar-refractivity contribution >= 4 is 0 Å². The fourth-order valence-electron chi connectivity index (χ4n) is 2.26. The third-order valence-electron chi connectivity index (χ3n) is 3.55. The second kappa shape index (κ2) is 11.7. The van der Waals surface area contributed by atoms with Crippen LogP contribution in [0.5, 0.6) is 5.88 Å². The first-order valence-corrected chi connectivity index (χ1v) is 8.12. The molecule has 0 fully saturated rings. The minimum Gasteiger partial charge on any atom is -0.478 e. The molecule has 1 unspecified atom stereocenters. The van der Waals surface area contributed by atoms with Crippen LogP contribution in [0.2, 0.25) is 0 Å². The molecular formula is C17H30N2O. The van der Waals surface area contributed by atoms with Crippen molar-refractivity contribution in [2.75, 3.05) is 6.61 Å². The Morgan fingerprint density at radius 2 is 1.80 bits per heavy atom. The van der Waals surface area contributed by atoms with Crippen LogP contribution in [0.25, 0.3) is 0 Å². The maximum atomic E-state index is 6.10. The zero-order valence-electron chi connectivity index (χ0n) is 12.9. The van der Waals surface area contributed by atoms with E-state index < -0.39 is 0 Å². The fourth-order valence-corrected chi connectivity index (χ4v) is 2.26. The summed E-state index contributed by atoms with van der Waals surface area (Å²) in [7, 11) is 0. The number of ether oxygens (including phenoxy) is 1. The van der Waals surface area contributed by atoms with Crippen LogP contribution in [0.3, 0.4) is 0 Å². The maximum absolute atomic E-state index is 6.10. The molecule has 0 aliphatic heterocycles.